The molecule has 0 radical (unpaired) electrons. The number of carbonyl (C=O) groups excluding carboxylic acids is 1. The summed E-state index contributed by atoms with van der Waals surface area (Å²) in [5, 5.41) is 8.32. The van der Waals surface area contributed by atoms with Crippen LogP contribution in [0.15, 0.2) is 16.8 Å². The first-order valence-electron chi connectivity index (χ1n) is 5.27. The summed E-state index contributed by atoms with van der Waals surface area (Å²) in [6, 6.07) is 2.00. The second kappa shape index (κ2) is 4.75. The van der Waals surface area contributed by atoms with E-state index in [1.54, 1.807) is 16.2 Å². The van der Waals surface area contributed by atoms with E-state index in [0.29, 0.717) is 6.54 Å². The van der Waals surface area contributed by atoms with Crippen molar-refractivity contribution in [2.75, 3.05) is 13.1 Å². The number of carbonyl (C=O) groups is 1. The highest BCUT2D eigenvalue weighted by molar-refractivity contribution is 7.89. The molecule has 1 fully saturated rings. The quantitative estimate of drug-likeness (QED) is 0.850. The van der Waals surface area contributed by atoms with E-state index in [1.165, 1.54) is 5.56 Å². The highest BCUT2D eigenvalue weighted by Gasteiger charge is 2.35. The molecule has 0 saturated carbocycles. The SMILES string of the molecule is NS(=O)(=O)C1CC(=O)N(CCc2ccsc2)C1. The number of sulfonamides is 1. The molecule has 0 bridgehead atoms. The summed E-state index contributed by atoms with van der Waals surface area (Å²) in [6.07, 6.45) is 0.773. The van der Waals surface area contributed by atoms with Gasteiger partial charge in [-0.25, -0.2) is 13.6 Å². The number of rotatable bonds is 4. The Labute approximate surface area is 104 Å². The number of amides is 1. The number of primary sulfonamides is 1. The van der Waals surface area contributed by atoms with Crippen molar-refractivity contribution in [3.8, 4) is 0 Å². The number of nitrogens with two attached hydrogens (primary N) is 1. The Bertz CT molecular complexity index is 496. The highest BCUT2D eigenvalue weighted by Crippen LogP contribution is 2.17. The van der Waals surface area contributed by atoms with Crippen molar-refractivity contribution in [1.29, 1.82) is 0 Å². The minimum atomic E-state index is -3.60. The molecule has 7 heteroatoms. The molecule has 0 spiro atoms. The molecule has 17 heavy (non-hydrogen) atoms. The summed E-state index contributed by atoms with van der Waals surface area (Å²) in [7, 11) is -3.60. The predicted molar refractivity (Wildman–Crippen MR) is 66.1 cm³/mol. The summed E-state index contributed by atoms with van der Waals surface area (Å²) >= 11 is 1.61. The average molecular weight is 274 g/mol. The Morgan fingerprint density at radius 1 is 1.53 bits per heavy atom. The molecular weight excluding hydrogens is 260 g/mol. The number of thiophene rings is 1. The van der Waals surface area contributed by atoms with Crippen molar-refractivity contribution in [2.45, 2.75) is 18.1 Å². The third-order valence-electron chi connectivity index (χ3n) is 2.89. The molecule has 5 nitrogen and oxygen atoms in total. The fourth-order valence-corrected chi connectivity index (χ4v) is 3.34. The Hall–Kier alpha value is -0.920. The first kappa shape index (κ1) is 12.5. The molecule has 1 amide bonds. The summed E-state index contributed by atoms with van der Waals surface area (Å²) in [5.74, 6) is -0.126. The molecule has 0 aliphatic carbocycles. The maximum atomic E-state index is 11.6. The molecule has 2 rings (SSSR count). The zero-order chi connectivity index (χ0) is 12.5. The van der Waals surface area contributed by atoms with Crippen LogP contribution in [-0.4, -0.2) is 37.6 Å². The molecule has 1 aliphatic heterocycles. The number of nitrogens with zero attached hydrogens (tertiary/aromatic N) is 1. The van der Waals surface area contributed by atoms with E-state index in [1.807, 2.05) is 16.8 Å². The normalized spacial score (nSPS) is 21.1. The van der Waals surface area contributed by atoms with Gasteiger partial charge in [-0.15, -0.1) is 0 Å². The van der Waals surface area contributed by atoms with E-state index >= 15 is 0 Å². The molecular formula is C10H14N2O3S2. The second-order valence-electron chi connectivity index (χ2n) is 4.14. The van der Waals surface area contributed by atoms with Gasteiger partial charge < -0.3 is 4.90 Å². The smallest absolute Gasteiger partial charge is 0.224 e. The molecule has 1 aliphatic rings. The van der Waals surface area contributed by atoms with Gasteiger partial charge in [0.25, 0.3) is 0 Å². The van der Waals surface area contributed by atoms with Gasteiger partial charge in [-0.3, -0.25) is 4.79 Å². The van der Waals surface area contributed by atoms with Crippen molar-refractivity contribution >= 4 is 27.3 Å². The molecule has 2 heterocycles. The molecule has 0 aromatic carbocycles. The molecule has 94 valence electrons. The van der Waals surface area contributed by atoms with Gasteiger partial charge in [-0.1, -0.05) is 0 Å². The number of hydrogen-bond acceptors (Lipinski definition) is 4. The predicted octanol–water partition coefficient (Wildman–Crippen LogP) is 0.180. The highest BCUT2D eigenvalue weighted by atomic mass is 32.2. The first-order chi connectivity index (χ1) is 7.97. The van der Waals surface area contributed by atoms with E-state index in [0.717, 1.165) is 6.42 Å². The van der Waals surface area contributed by atoms with Gasteiger partial charge in [0.05, 0.1) is 0 Å². The number of likely N-dealkylation sites (tertiary alicyclic amines) is 1. The molecule has 1 unspecified atom stereocenters. The maximum Gasteiger partial charge on any atom is 0.224 e. The Balaban J connectivity index is 1.93. The van der Waals surface area contributed by atoms with Gasteiger partial charge in [0.1, 0.15) is 5.25 Å². The molecule has 1 atom stereocenters. The molecule has 1 aromatic rings. The van der Waals surface area contributed by atoms with Crippen molar-refractivity contribution in [3.63, 3.8) is 0 Å². The summed E-state index contributed by atoms with van der Waals surface area (Å²) in [5.41, 5.74) is 1.17. The molecule has 2 N–H and O–H groups in total. The van der Waals surface area contributed by atoms with Gasteiger partial charge in [0.2, 0.25) is 15.9 Å². The lowest BCUT2D eigenvalue weighted by atomic mass is 10.2. The van der Waals surface area contributed by atoms with Gasteiger partial charge in [-0.05, 0) is 28.8 Å². The van der Waals surface area contributed by atoms with E-state index in [-0.39, 0.29) is 18.9 Å². The van der Waals surface area contributed by atoms with Crippen LogP contribution < -0.4 is 5.14 Å². The van der Waals surface area contributed by atoms with Crippen LogP contribution in [-0.2, 0) is 21.2 Å². The Morgan fingerprint density at radius 3 is 2.82 bits per heavy atom. The molecule has 1 aromatic heterocycles. The third-order valence-corrected chi connectivity index (χ3v) is 4.87. The van der Waals surface area contributed by atoms with Crippen molar-refractivity contribution < 1.29 is 13.2 Å². The van der Waals surface area contributed by atoms with E-state index in [9.17, 15) is 13.2 Å². The zero-order valence-corrected chi connectivity index (χ0v) is 10.8. The maximum absolute atomic E-state index is 11.6. The monoisotopic (exact) mass is 274 g/mol. The summed E-state index contributed by atoms with van der Waals surface area (Å²) in [6.45, 7) is 0.781. The average Bonchev–Trinajstić information content (AvgIpc) is 2.83. The van der Waals surface area contributed by atoms with Crippen LogP contribution in [0.3, 0.4) is 0 Å². The van der Waals surface area contributed by atoms with Gasteiger partial charge >= 0.3 is 0 Å². The van der Waals surface area contributed by atoms with Crippen LogP contribution in [0.1, 0.15) is 12.0 Å². The van der Waals surface area contributed by atoms with Crippen LogP contribution >= 0.6 is 11.3 Å². The largest absolute Gasteiger partial charge is 0.341 e. The fraction of sp³-hybridized carbons (Fsp3) is 0.500. The zero-order valence-electron chi connectivity index (χ0n) is 9.20. The third kappa shape index (κ3) is 3.05. The van der Waals surface area contributed by atoms with E-state index in [2.05, 4.69) is 0 Å². The lowest BCUT2D eigenvalue weighted by Gasteiger charge is -2.15. The first-order valence-corrected chi connectivity index (χ1v) is 7.82. The van der Waals surface area contributed by atoms with Crippen LogP contribution in [0.5, 0.6) is 0 Å². The Kier molecular flexibility index (Phi) is 3.50. The lowest BCUT2D eigenvalue weighted by molar-refractivity contribution is -0.127. The van der Waals surface area contributed by atoms with Crippen molar-refractivity contribution in [1.82, 2.24) is 4.90 Å². The summed E-state index contributed by atoms with van der Waals surface area (Å²) in [4.78, 5) is 13.2. The van der Waals surface area contributed by atoms with Gasteiger partial charge in [0, 0.05) is 19.5 Å². The van der Waals surface area contributed by atoms with Gasteiger partial charge in [0.15, 0.2) is 0 Å². The second-order valence-corrected chi connectivity index (χ2v) is 6.76. The minimum Gasteiger partial charge on any atom is -0.341 e. The fourth-order valence-electron chi connectivity index (χ4n) is 1.87. The van der Waals surface area contributed by atoms with Crippen molar-refractivity contribution in [2.24, 2.45) is 5.14 Å². The standard InChI is InChI=1S/C10H14N2O3S2/c11-17(14,15)9-5-10(13)12(6-9)3-1-8-2-4-16-7-8/h2,4,7,9H,1,3,5-6H2,(H2,11,14,15). The number of hydrogen-bond donors (Lipinski definition) is 1. The van der Waals surface area contributed by atoms with Crippen LogP contribution in [0.4, 0.5) is 0 Å². The summed E-state index contributed by atoms with van der Waals surface area (Å²) < 4.78 is 22.3. The van der Waals surface area contributed by atoms with Crippen LogP contribution in [0, 0.1) is 0 Å². The van der Waals surface area contributed by atoms with Gasteiger partial charge in [-0.2, -0.15) is 11.3 Å². The lowest BCUT2D eigenvalue weighted by Crippen LogP contribution is -2.33. The topological polar surface area (TPSA) is 80.5 Å². The van der Waals surface area contributed by atoms with E-state index in [4.69, 9.17) is 5.14 Å². The van der Waals surface area contributed by atoms with E-state index < -0.39 is 15.3 Å². The molecule has 1 saturated heterocycles. The van der Waals surface area contributed by atoms with Crippen molar-refractivity contribution in [3.05, 3.63) is 22.4 Å². The Morgan fingerprint density at radius 2 is 2.29 bits per heavy atom. The van der Waals surface area contributed by atoms with Crippen LogP contribution in [0.2, 0.25) is 0 Å². The van der Waals surface area contributed by atoms with Crippen LogP contribution in [0.25, 0.3) is 0 Å². The minimum absolute atomic E-state index is 0.0163.